The molecule has 8 nitrogen and oxygen atoms in total. The Morgan fingerprint density at radius 2 is 1.37 bits per heavy atom. The number of thioether (sulfide) groups is 1. The van der Waals surface area contributed by atoms with Crippen LogP contribution in [0.4, 0.5) is 11.4 Å². The van der Waals surface area contributed by atoms with Gasteiger partial charge < -0.3 is 16.0 Å². The van der Waals surface area contributed by atoms with E-state index in [1.807, 2.05) is 0 Å². The summed E-state index contributed by atoms with van der Waals surface area (Å²) in [6.07, 6.45) is 1.50. The molecule has 242 valence electrons. The molecule has 0 fully saturated rings. The summed E-state index contributed by atoms with van der Waals surface area (Å²) >= 11 is 7.59. The number of amides is 3. The molecule has 3 amide bonds. The third-order valence-corrected chi connectivity index (χ3v) is 9.16. The average molecular weight is 686 g/mol. The molecular weight excluding hydrogens is 658 g/mol. The summed E-state index contributed by atoms with van der Waals surface area (Å²) < 4.78 is 0. The standard InChI is InChI=1S/C39H28ClN3O5S/c1-23(37(46)42-32-20-10-18-30-34(32)36(45)29-17-7-6-16-28(29)35(30)44)49-27-15-9-14-26(22-27)41-39(48)33(21-25-13-5-8-19-31(25)40)43-38(47)24-11-3-2-4-12-24/h2-23H,1H3,(H,41,48)(H,42,46)(H,43,47)/b33-21+. The predicted molar refractivity (Wildman–Crippen MR) is 192 cm³/mol. The van der Waals surface area contributed by atoms with Crippen molar-refractivity contribution in [2.75, 3.05) is 10.6 Å². The highest BCUT2D eigenvalue weighted by molar-refractivity contribution is 8.00. The van der Waals surface area contributed by atoms with E-state index in [-0.39, 0.29) is 40.0 Å². The molecule has 0 aliphatic heterocycles. The Kier molecular flexibility index (Phi) is 9.84. The molecule has 5 aromatic carbocycles. The lowest BCUT2D eigenvalue weighted by atomic mass is 9.83. The Morgan fingerprint density at radius 1 is 0.714 bits per heavy atom. The van der Waals surface area contributed by atoms with Gasteiger partial charge in [-0.2, -0.15) is 0 Å². The number of rotatable bonds is 9. The van der Waals surface area contributed by atoms with Crippen LogP contribution in [0.15, 0.2) is 132 Å². The minimum absolute atomic E-state index is 0.0189. The molecular formula is C39H28ClN3O5S. The van der Waals surface area contributed by atoms with Crippen molar-refractivity contribution in [3.8, 4) is 0 Å². The number of carbonyl (C=O) groups is 5. The van der Waals surface area contributed by atoms with E-state index in [1.165, 1.54) is 17.8 Å². The SMILES string of the molecule is CC(Sc1cccc(NC(=O)/C(=C\c2ccccc2Cl)NC(=O)c2ccccc2)c1)C(=O)Nc1cccc2c1C(=O)c1ccccc1C2=O. The fourth-order valence-electron chi connectivity index (χ4n) is 5.28. The maximum atomic E-state index is 13.5. The zero-order valence-electron chi connectivity index (χ0n) is 26.0. The van der Waals surface area contributed by atoms with Crippen LogP contribution in [0.25, 0.3) is 6.08 Å². The Balaban J connectivity index is 1.17. The zero-order chi connectivity index (χ0) is 34.5. The van der Waals surface area contributed by atoms with E-state index in [1.54, 1.807) is 128 Å². The summed E-state index contributed by atoms with van der Waals surface area (Å²) in [5.74, 6) is -2.01. The molecule has 0 heterocycles. The van der Waals surface area contributed by atoms with Gasteiger partial charge >= 0.3 is 0 Å². The summed E-state index contributed by atoms with van der Waals surface area (Å²) in [7, 11) is 0. The number of ketones is 2. The van der Waals surface area contributed by atoms with Crippen molar-refractivity contribution in [3.05, 3.63) is 165 Å². The summed E-state index contributed by atoms with van der Waals surface area (Å²) in [4.78, 5) is 67.0. The van der Waals surface area contributed by atoms with Crippen molar-refractivity contribution < 1.29 is 24.0 Å². The van der Waals surface area contributed by atoms with Gasteiger partial charge in [0.1, 0.15) is 5.70 Å². The van der Waals surface area contributed by atoms with Gasteiger partial charge in [0.15, 0.2) is 11.6 Å². The molecule has 0 bridgehead atoms. The van der Waals surface area contributed by atoms with Gasteiger partial charge in [-0.1, -0.05) is 90.5 Å². The minimum Gasteiger partial charge on any atom is -0.324 e. The average Bonchev–Trinajstić information content (AvgIpc) is 3.11. The second-order valence-corrected chi connectivity index (χ2v) is 12.9. The first-order chi connectivity index (χ1) is 23.7. The lowest BCUT2D eigenvalue weighted by Crippen LogP contribution is -2.30. The van der Waals surface area contributed by atoms with Crippen LogP contribution in [0.3, 0.4) is 0 Å². The number of hydrogen-bond acceptors (Lipinski definition) is 6. The Bertz CT molecular complexity index is 2170. The first-order valence-corrected chi connectivity index (χ1v) is 16.5. The molecule has 10 heteroatoms. The minimum atomic E-state index is -0.621. The van der Waals surface area contributed by atoms with E-state index in [0.29, 0.717) is 37.9 Å². The van der Waals surface area contributed by atoms with Crippen molar-refractivity contribution >= 4 is 70.1 Å². The smallest absolute Gasteiger partial charge is 0.272 e. The van der Waals surface area contributed by atoms with Crippen LogP contribution in [0.5, 0.6) is 0 Å². The maximum absolute atomic E-state index is 13.5. The van der Waals surface area contributed by atoms with Gasteiger partial charge in [0.25, 0.3) is 11.8 Å². The second kappa shape index (κ2) is 14.6. The number of nitrogens with one attached hydrogen (secondary N) is 3. The van der Waals surface area contributed by atoms with Crippen molar-refractivity contribution in [2.45, 2.75) is 17.1 Å². The van der Waals surface area contributed by atoms with Gasteiger partial charge in [-0.05, 0) is 61.0 Å². The topological polar surface area (TPSA) is 121 Å². The van der Waals surface area contributed by atoms with E-state index >= 15 is 0 Å². The molecule has 0 radical (unpaired) electrons. The highest BCUT2D eigenvalue weighted by Gasteiger charge is 2.32. The van der Waals surface area contributed by atoms with Crippen LogP contribution < -0.4 is 16.0 Å². The quantitative estimate of drug-likeness (QED) is 0.106. The highest BCUT2D eigenvalue weighted by atomic mass is 35.5. The van der Waals surface area contributed by atoms with Crippen LogP contribution in [-0.4, -0.2) is 34.5 Å². The lowest BCUT2D eigenvalue weighted by Gasteiger charge is -2.21. The fourth-order valence-corrected chi connectivity index (χ4v) is 6.39. The molecule has 1 aliphatic carbocycles. The summed E-state index contributed by atoms with van der Waals surface area (Å²) in [6.45, 7) is 1.71. The molecule has 3 N–H and O–H groups in total. The van der Waals surface area contributed by atoms with E-state index in [4.69, 9.17) is 11.6 Å². The molecule has 49 heavy (non-hydrogen) atoms. The number of halogens is 1. The zero-order valence-corrected chi connectivity index (χ0v) is 27.6. The van der Waals surface area contributed by atoms with Crippen molar-refractivity contribution in [1.82, 2.24) is 5.32 Å². The molecule has 0 saturated carbocycles. The third-order valence-electron chi connectivity index (χ3n) is 7.72. The maximum Gasteiger partial charge on any atom is 0.272 e. The molecule has 1 aliphatic rings. The molecule has 5 aromatic rings. The largest absolute Gasteiger partial charge is 0.324 e. The Morgan fingerprint density at radius 3 is 2.12 bits per heavy atom. The molecule has 6 rings (SSSR count). The lowest BCUT2D eigenvalue weighted by molar-refractivity contribution is -0.115. The summed E-state index contributed by atoms with van der Waals surface area (Å²) in [5.41, 5.74) is 2.64. The normalized spacial score (nSPS) is 12.7. The van der Waals surface area contributed by atoms with Crippen molar-refractivity contribution in [2.24, 2.45) is 0 Å². The predicted octanol–water partition coefficient (Wildman–Crippen LogP) is 7.64. The number of fused-ring (bicyclic) bond motifs is 2. The molecule has 0 saturated heterocycles. The second-order valence-electron chi connectivity index (χ2n) is 11.1. The molecule has 1 atom stereocenters. The number of anilines is 2. The Labute approximate surface area is 291 Å². The summed E-state index contributed by atoms with van der Waals surface area (Å²) in [6, 6.07) is 33.9. The van der Waals surface area contributed by atoms with Gasteiger partial charge in [0, 0.05) is 37.9 Å². The Hall–Kier alpha value is -5.77. The van der Waals surface area contributed by atoms with E-state index in [9.17, 15) is 24.0 Å². The van der Waals surface area contributed by atoms with Crippen LogP contribution in [0.2, 0.25) is 5.02 Å². The number of benzene rings is 5. The van der Waals surface area contributed by atoms with Gasteiger partial charge in [-0.15, -0.1) is 11.8 Å². The van der Waals surface area contributed by atoms with Gasteiger partial charge in [0.05, 0.1) is 16.5 Å². The molecule has 1 unspecified atom stereocenters. The first kappa shape index (κ1) is 33.1. The van der Waals surface area contributed by atoms with Crippen LogP contribution >= 0.6 is 23.4 Å². The number of carbonyl (C=O) groups excluding carboxylic acids is 5. The number of hydrogen-bond donors (Lipinski definition) is 3. The van der Waals surface area contributed by atoms with Crippen molar-refractivity contribution in [3.63, 3.8) is 0 Å². The van der Waals surface area contributed by atoms with E-state index in [2.05, 4.69) is 16.0 Å². The van der Waals surface area contributed by atoms with Crippen LogP contribution in [0, 0.1) is 0 Å². The third kappa shape index (κ3) is 7.38. The highest BCUT2D eigenvalue weighted by Crippen LogP contribution is 2.33. The summed E-state index contributed by atoms with van der Waals surface area (Å²) in [5, 5.41) is 8.14. The van der Waals surface area contributed by atoms with Gasteiger partial charge in [-0.25, -0.2) is 0 Å². The van der Waals surface area contributed by atoms with E-state index < -0.39 is 17.1 Å². The fraction of sp³-hybridized carbons (Fsp3) is 0.0513. The monoisotopic (exact) mass is 685 g/mol. The van der Waals surface area contributed by atoms with Gasteiger partial charge in [0.2, 0.25) is 5.91 Å². The van der Waals surface area contributed by atoms with Crippen molar-refractivity contribution in [1.29, 1.82) is 0 Å². The molecule has 0 aromatic heterocycles. The van der Waals surface area contributed by atoms with Gasteiger partial charge in [-0.3, -0.25) is 24.0 Å². The first-order valence-electron chi connectivity index (χ1n) is 15.2. The van der Waals surface area contributed by atoms with E-state index in [0.717, 1.165) is 0 Å². The van der Waals surface area contributed by atoms with Crippen LogP contribution in [0.1, 0.15) is 54.7 Å². The molecule has 0 spiro atoms. The van der Waals surface area contributed by atoms with Crippen LogP contribution in [-0.2, 0) is 9.59 Å².